The van der Waals surface area contributed by atoms with Gasteiger partial charge in [-0.15, -0.1) is 0 Å². The maximum Gasteiger partial charge on any atom is 0.331 e. The van der Waals surface area contributed by atoms with E-state index in [0.29, 0.717) is 31.1 Å². The van der Waals surface area contributed by atoms with Crippen molar-refractivity contribution in [1.82, 2.24) is 10.6 Å². The second-order valence-electron chi connectivity index (χ2n) is 7.56. The number of nitrogens with one attached hydrogen (secondary N) is 2. The van der Waals surface area contributed by atoms with E-state index in [2.05, 4.69) is 10.6 Å². The van der Waals surface area contributed by atoms with Crippen LogP contribution in [0.5, 0.6) is 0 Å². The van der Waals surface area contributed by atoms with Gasteiger partial charge < -0.3 is 15.4 Å². The molecule has 0 atom stereocenters. The topological polar surface area (TPSA) is 84.5 Å². The highest BCUT2D eigenvalue weighted by molar-refractivity contribution is 5.97. The van der Waals surface area contributed by atoms with Crippen LogP contribution in [-0.4, -0.2) is 36.0 Å². The average molecular weight is 384 g/mol. The van der Waals surface area contributed by atoms with Gasteiger partial charge in [-0.1, -0.05) is 31.4 Å². The number of rotatable bonds is 7. The number of esters is 1. The summed E-state index contributed by atoms with van der Waals surface area (Å²) in [5.41, 5.74) is 0.504. The molecule has 0 bridgehead atoms. The SMILES string of the molecule is CCOC(=O)C1(NC(=O)/C=C\c2ccc(C(=O)NC3CC3)cc2)CCCCC1. The zero-order chi connectivity index (χ0) is 20.0. The van der Waals surface area contributed by atoms with E-state index in [1.807, 2.05) is 0 Å². The van der Waals surface area contributed by atoms with Gasteiger partial charge >= 0.3 is 5.97 Å². The first-order chi connectivity index (χ1) is 13.5. The van der Waals surface area contributed by atoms with Gasteiger partial charge in [0, 0.05) is 17.7 Å². The normalized spacial score (nSPS) is 18.5. The van der Waals surface area contributed by atoms with E-state index >= 15 is 0 Å². The molecular weight excluding hydrogens is 356 g/mol. The molecule has 1 aromatic carbocycles. The molecule has 0 spiro atoms. The minimum atomic E-state index is -0.916. The minimum absolute atomic E-state index is 0.0653. The first-order valence-electron chi connectivity index (χ1n) is 10.1. The van der Waals surface area contributed by atoms with Gasteiger partial charge in [-0.2, -0.15) is 0 Å². The van der Waals surface area contributed by atoms with Crippen molar-refractivity contribution < 1.29 is 19.1 Å². The Morgan fingerprint density at radius 1 is 1.11 bits per heavy atom. The summed E-state index contributed by atoms with van der Waals surface area (Å²) < 4.78 is 5.20. The Morgan fingerprint density at radius 2 is 1.79 bits per heavy atom. The van der Waals surface area contributed by atoms with Crippen LogP contribution >= 0.6 is 0 Å². The van der Waals surface area contributed by atoms with E-state index in [9.17, 15) is 14.4 Å². The molecule has 2 aliphatic rings. The van der Waals surface area contributed by atoms with Crippen molar-refractivity contribution in [3.63, 3.8) is 0 Å². The molecule has 28 heavy (non-hydrogen) atoms. The molecule has 1 aromatic rings. The third-order valence-electron chi connectivity index (χ3n) is 5.25. The Morgan fingerprint density at radius 3 is 2.39 bits per heavy atom. The first-order valence-corrected chi connectivity index (χ1v) is 10.1. The van der Waals surface area contributed by atoms with Gasteiger partial charge in [0.2, 0.25) is 5.91 Å². The summed E-state index contributed by atoms with van der Waals surface area (Å²) in [7, 11) is 0. The maximum atomic E-state index is 12.4. The highest BCUT2D eigenvalue weighted by Crippen LogP contribution is 2.29. The van der Waals surface area contributed by atoms with Crippen molar-refractivity contribution in [3.8, 4) is 0 Å². The van der Waals surface area contributed by atoms with Crippen LogP contribution in [0.1, 0.15) is 67.8 Å². The minimum Gasteiger partial charge on any atom is -0.464 e. The standard InChI is InChI=1S/C22H28N2O4/c1-2-28-21(27)22(14-4-3-5-15-22)24-19(25)13-8-16-6-9-17(10-7-16)20(26)23-18-11-12-18/h6-10,13,18H,2-5,11-12,14-15H2,1H3,(H,23,26)(H,24,25)/b13-8-. The molecule has 0 radical (unpaired) electrons. The van der Waals surface area contributed by atoms with Crippen molar-refractivity contribution in [1.29, 1.82) is 0 Å². The quantitative estimate of drug-likeness (QED) is 0.559. The Labute approximate surface area is 165 Å². The van der Waals surface area contributed by atoms with Crippen LogP contribution in [0.2, 0.25) is 0 Å². The lowest BCUT2D eigenvalue weighted by Crippen LogP contribution is -2.56. The lowest BCUT2D eigenvalue weighted by molar-refractivity contribution is -0.154. The smallest absolute Gasteiger partial charge is 0.331 e. The van der Waals surface area contributed by atoms with Crippen molar-refractivity contribution >= 4 is 23.9 Å². The first kappa shape index (κ1) is 20.1. The number of carbonyl (C=O) groups excluding carboxylic acids is 3. The predicted molar refractivity (Wildman–Crippen MR) is 107 cm³/mol. The van der Waals surface area contributed by atoms with Gasteiger partial charge in [0.1, 0.15) is 5.54 Å². The van der Waals surface area contributed by atoms with Gasteiger partial charge in [0.05, 0.1) is 6.61 Å². The third-order valence-corrected chi connectivity index (χ3v) is 5.25. The van der Waals surface area contributed by atoms with Gasteiger partial charge in [0.15, 0.2) is 0 Å². The van der Waals surface area contributed by atoms with Gasteiger partial charge in [-0.05, 0) is 56.4 Å². The third kappa shape index (κ3) is 5.21. The Hall–Kier alpha value is -2.63. The number of ether oxygens (including phenoxy) is 1. The summed E-state index contributed by atoms with van der Waals surface area (Å²) in [5.74, 6) is -0.725. The monoisotopic (exact) mass is 384 g/mol. The van der Waals surface area contributed by atoms with Gasteiger partial charge in [-0.25, -0.2) is 4.79 Å². The number of benzene rings is 1. The number of amides is 2. The average Bonchev–Trinajstić information content (AvgIpc) is 3.51. The zero-order valence-electron chi connectivity index (χ0n) is 16.3. The van der Waals surface area contributed by atoms with Crippen LogP contribution in [0.4, 0.5) is 0 Å². The molecule has 0 heterocycles. The van der Waals surface area contributed by atoms with Crippen LogP contribution < -0.4 is 10.6 Å². The van der Waals surface area contributed by atoms with Crippen LogP contribution in [0.3, 0.4) is 0 Å². The molecule has 2 fully saturated rings. The van der Waals surface area contributed by atoms with E-state index in [0.717, 1.165) is 37.7 Å². The molecule has 150 valence electrons. The van der Waals surface area contributed by atoms with Crippen LogP contribution in [-0.2, 0) is 14.3 Å². The number of carbonyl (C=O) groups is 3. The molecular formula is C22H28N2O4. The fourth-order valence-corrected chi connectivity index (χ4v) is 3.50. The van der Waals surface area contributed by atoms with Crippen molar-refractivity contribution in [2.45, 2.75) is 63.5 Å². The van der Waals surface area contributed by atoms with E-state index in [-0.39, 0.29) is 17.8 Å². The molecule has 0 aliphatic heterocycles. The lowest BCUT2D eigenvalue weighted by Gasteiger charge is -2.35. The summed E-state index contributed by atoms with van der Waals surface area (Å²) in [6.45, 7) is 2.07. The van der Waals surface area contributed by atoms with Crippen LogP contribution in [0, 0.1) is 0 Å². The largest absolute Gasteiger partial charge is 0.464 e. The van der Waals surface area contributed by atoms with E-state index in [4.69, 9.17) is 4.74 Å². The summed E-state index contributed by atoms with van der Waals surface area (Å²) >= 11 is 0. The van der Waals surface area contributed by atoms with Crippen molar-refractivity contribution in [3.05, 3.63) is 41.5 Å². The second-order valence-corrected chi connectivity index (χ2v) is 7.56. The van der Waals surface area contributed by atoms with Crippen LogP contribution in [0.25, 0.3) is 6.08 Å². The van der Waals surface area contributed by atoms with E-state index in [1.165, 1.54) is 6.08 Å². The summed E-state index contributed by atoms with van der Waals surface area (Å²) in [4.78, 5) is 36.9. The fourth-order valence-electron chi connectivity index (χ4n) is 3.50. The molecule has 0 unspecified atom stereocenters. The molecule has 0 saturated heterocycles. The Kier molecular flexibility index (Phi) is 6.49. The van der Waals surface area contributed by atoms with Crippen LogP contribution in [0.15, 0.2) is 30.3 Å². The molecule has 2 aliphatic carbocycles. The molecule has 0 aromatic heterocycles. The highest BCUT2D eigenvalue weighted by Gasteiger charge is 2.41. The molecule has 2 amide bonds. The molecule has 2 N–H and O–H groups in total. The lowest BCUT2D eigenvalue weighted by atomic mass is 9.81. The van der Waals surface area contributed by atoms with Gasteiger partial charge in [0.25, 0.3) is 5.91 Å². The molecule has 6 nitrogen and oxygen atoms in total. The zero-order valence-corrected chi connectivity index (χ0v) is 16.3. The predicted octanol–water partition coefficient (Wildman–Crippen LogP) is 2.97. The van der Waals surface area contributed by atoms with E-state index < -0.39 is 5.54 Å². The molecule has 3 rings (SSSR count). The van der Waals surface area contributed by atoms with Crippen molar-refractivity contribution in [2.75, 3.05) is 6.61 Å². The second kappa shape index (κ2) is 9.04. The van der Waals surface area contributed by atoms with Gasteiger partial charge in [-0.3, -0.25) is 9.59 Å². The summed E-state index contributed by atoms with van der Waals surface area (Å²) in [6, 6.07) is 7.41. The summed E-state index contributed by atoms with van der Waals surface area (Å²) in [5, 5.41) is 5.83. The van der Waals surface area contributed by atoms with Crippen molar-refractivity contribution in [2.24, 2.45) is 0 Å². The maximum absolute atomic E-state index is 12.4. The Balaban J connectivity index is 1.60. The highest BCUT2D eigenvalue weighted by atomic mass is 16.5. The number of hydrogen-bond acceptors (Lipinski definition) is 4. The summed E-state index contributed by atoms with van der Waals surface area (Å²) in [6.07, 6.45) is 9.28. The molecule has 2 saturated carbocycles. The van der Waals surface area contributed by atoms with E-state index in [1.54, 1.807) is 37.3 Å². The Bertz CT molecular complexity index is 744. The fraction of sp³-hybridized carbons (Fsp3) is 0.500. The number of hydrogen-bond donors (Lipinski definition) is 2. The molecule has 6 heteroatoms.